The molecule has 2 N–H and O–H groups in total. The minimum absolute atomic E-state index is 0.0241. The van der Waals surface area contributed by atoms with Crippen molar-refractivity contribution >= 4 is 50.9 Å². The molecule has 4 atom stereocenters. The molecule has 1 saturated heterocycles. The Labute approximate surface area is 256 Å². The number of piperidine rings is 1. The van der Waals surface area contributed by atoms with Crippen molar-refractivity contribution < 1.29 is 27.9 Å². The Morgan fingerprint density at radius 2 is 1.83 bits per heavy atom. The first kappa shape index (κ1) is 31.0. The second kappa shape index (κ2) is 11.6. The van der Waals surface area contributed by atoms with Gasteiger partial charge in [0, 0.05) is 47.0 Å². The van der Waals surface area contributed by atoms with Gasteiger partial charge in [-0.3, -0.25) is 9.59 Å². The third-order valence-corrected chi connectivity index (χ3v) is 12.5. The Balaban J connectivity index is 1.24. The number of benzene rings is 2. The van der Waals surface area contributed by atoms with E-state index in [4.69, 9.17) is 23.2 Å². The molecule has 3 fully saturated rings. The molecular weight excluding hydrogens is 599 g/mol. The van der Waals surface area contributed by atoms with Gasteiger partial charge in [-0.05, 0) is 66.3 Å². The second-order valence-corrected chi connectivity index (χ2v) is 15.4. The number of carboxylic acid groups (broad SMARTS) is 1. The van der Waals surface area contributed by atoms with E-state index in [9.17, 15) is 27.9 Å². The molecule has 8 nitrogen and oxygen atoms in total. The number of fused-ring (bicyclic) bond motifs is 2. The number of amides is 1. The Morgan fingerprint density at radius 3 is 2.45 bits per heavy atom. The van der Waals surface area contributed by atoms with Crippen LogP contribution in [0.3, 0.4) is 0 Å². The first-order valence-corrected chi connectivity index (χ1v) is 16.7. The van der Waals surface area contributed by atoms with Gasteiger partial charge in [-0.25, -0.2) is 17.5 Å². The zero-order valence-electron chi connectivity index (χ0n) is 23.7. The van der Waals surface area contributed by atoms with E-state index in [1.54, 1.807) is 30.3 Å². The Bertz CT molecular complexity index is 1510. The van der Waals surface area contributed by atoms with Crippen molar-refractivity contribution in [3.8, 4) is 11.1 Å². The first-order chi connectivity index (χ1) is 19.7. The number of aliphatic carboxylic acids is 1. The van der Waals surface area contributed by atoms with Crippen molar-refractivity contribution in [2.45, 2.75) is 58.4 Å². The summed E-state index contributed by atoms with van der Waals surface area (Å²) in [6.45, 7) is 4.27. The number of halogens is 2. The predicted molar refractivity (Wildman–Crippen MR) is 162 cm³/mol. The van der Waals surface area contributed by atoms with Crippen molar-refractivity contribution in [1.29, 1.82) is 0 Å². The lowest BCUT2D eigenvalue weighted by Crippen LogP contribution is -2.52. The van der Waals surface area contributed by atoms with Crippen LogP contribution < -0.4 is 5.32 Å². The van der Waals surface area contributed by atoms with E-state index in [-0.39, 0.29) is 42.4 Å². The highest BCUT2D eigenvalue weighted by Crippen LogP contribution is 2.64. The average Bonchev–Trinajstić information content (AvgIpc) is 3.28. The number of carboxylic acids is 1. The summed E-state index contributed by atoms with van der Waals surface area (Å²) in [6, 6.07) is 11.2. The average molecular weight is 636 g/mol. The van der Waals surface area contributed by atoms with Crippen molar-refractivity contribution in [3.05, 3.63) is 58.1 Å². The molecule has 2 aliphatic carbocycles. The normalized spacial score (nSPS) is 26.2. The third-order valence-electron chi connectivity index (χ3n) is 9.96. The van der Waals surface area contributed by atoms with E-state index in [0.29, 0.717) is 41.3 Å². The van der Waals surface area contributed by atoms with E-state index in [1.807, 2.05) is 26.0 Å². The molecule has 1 heterocycles. The summed E-state index contributed by atoms with van der Waals surface area (Å²) in [6.07, 6.45) is 2.86. The van der Waals surface area contributed by atoms with Gasteiger partial charge in [0.2, 0.25) is 15.9 Å². The Morgan fingerprint density at radius 1 is 1.12 bits per heavy atom. The summed E-state index contributed by atoms with van der Waals surface area (Å²) >= 11 is 12.4. The topological polar surface area (TPSA) is 121 Å². The van der Waals surface area contributed by atoms with Crippen LogP contribution in [0.5, 0.6) is 0 Å². The molecule has 1 aliphatic heterocycles. The van der Waals surface area contributed by atoms with E-state index in [2.05, 4.69) is 5.32 Å². The third kappa shape index (κ3) is 5.73. The van der Waals surface area contributed by atoms with Gasteiger partial charge in [-0.2, -0.15) is 0 Å². The quantitative estimate of drug-likeness (QED) is 0.391. The molecule has 2 aromatic rings. The number of Topliss-reactive ketones (excluding diaryl/α,β-unsaturated/α-hetero) is 1. The fraction of sp³-hybridized carbons (Fsp3) is 0.516. The SMILES string of the molecule is CC1(C)C2CCC1(CS(=O)(=O)N1CCCC(C(=O)N[C@@H](Cc3ccc(-c4cc(Cl)ccc4Cl)cc3)C(=O)O)C1)C(=O)C2. The molecular formula is C31H36Cl2N2O6S. The molecule has 11 heteroatoms. The largest absolute Gasteiger partial charge is 0.480 e. The fourth-order valence-electron chi connectivity index (χ4n) is 7.18. The lowest BCUT2D eigenvalue weighted by atomic mass is 9.70. The van der Waals surface area contributed by atoms with E-state index in [0.717, 1.165) is 17.5 Å². The van der Waals surface area contributed by atoms with Crippen molar-refractivity contribution in [1.82, 2.24) is 9.62 Å². The maximum absolute atomic E-state index is 13.6. The summed E-state index contributed by atoms with van der Waals surface area (Å²) in [5, 5.41) is 13.6. The van der Waals surface area contributed by atoms with Crippen LogP contribution >= 0.6 is 23.2 Å². The molecule has 2 saturated carbocycles. The van der Waals surface area contributed by atoms with Crippen LogP contribution in [-0.2, 0) is 30.8 Å². The molecule has 0 radical (unpaired) electrons. The van der Waals surface area contributed by atoms with Crippen molar-refractivity contribution in [2.75, 3.05) is 18.8 Å². The van der Waals surface area contributed by atoms with Crippen LogP contribution in [0.1, 0.15) is 51.5 Å². The zero-order valence-corrected chi connectivity index (χ0v) is 26.1. The molecule has 2 bridgehead atoms. The first-order valence-electron chi connectivity index (χ1n) is 14.3. The summed E-state index contributed by atoms with van der Waals surface area (Å²) in [4.78, 5) is 38.3. The maximum atomic E-state index is 13.6. The van der Waals surface area contributed by atoms with Gasteiger partial charge in [-0.15, -0.1) is 0 Å². The summed E-state index contributed by atoms with van der Waals surface area (Å²) < 4.78 is 28.5. The molecule has 226 valence electrons. The van der Waals surface area contributed by atoms with Gasteiger partial charge in [-0.1, -0.05) is 61.3 Å². The highest BCUT2D eigenvalue weighted by molar-refractivity contribution is 7.89. The number of hydrogen-bond donors (Lipinski definition) is 2. The van der Waals surface area contributed by atoms with Gasteiger partial charge >= 0.3 is 5.97 Å². The number of nitrogens with one attached hydrogen (secondary N) is 1. The standard InChI is InChI=1S/C31H36Cl2N2O6S/c1-30(2)22-11-12-31(30,27(36)15-22)18-42(40,41)35-13-3-4-21(17-35)28(37)34-26(29(38)39)14-19-5-7-20(8-6-19)24-16-23(32)9-10-25(24)33/h5-10,16,21-22,26H,3-4,11-15,17-18H2,1-2H3,(H,34,37)(H,38,39)/t21?,22?,26-,31?/m0/s1. The number of hydrogen-bond acceptors (Lipinski definition) is 5. The summed E-state index contributed by atoms with van der Waals surface area (Å²) in [5.74, 6) is -2.33. The lowest BCUT2D eigenvalue weighted by molar-refractivity contribution is -0.142. The summed E-state index contributed by atoms with van der Waals surface area (Å²) in [7, 11) is -3.81. The van der Waals surface area contributed by atoms with Crippen LogP contribution in [0.4, 0.5) is 0 Å². The van der Waals surface area contributed by atoms with E-state index >= 15 is 0 Å². The minimum atomic E-state index is -3.81. The van der Waals surface area contributed by atoms with E-state index in [1.165, 1.54) is 4.31 Å². The van der Waals surface area contributed by atoms with E-state index < -0.39 is 39.3 Å². The van der Waals surface area contributed by atoms with Crippen LogP contribution in [-0.4, -0.2) is 60.4 Å². The number of carbonyl (C=O) groups is 3. The number of ketones is 1. The zero-order chi connectivity index (χ0) is 30.4. The molecule has 0 spiro atoms. The van der Waals surface area contributed by atoms with Crippen molar-refractivity contribution in [3.63, 3.8) is 0 Å². The second-order valence-electron chi connectivity index (χ2n) is 12.5. The highest BCUT2D eigenvalue weighted by Gasteiger charge is 2.65. The number of sulfonamides is 1. The van der Waals surface area contributed by atoms with Crippen molar-refractivity contribution in [2.24, 2.45) is 22.7 Å². The lowest BCUT2D eigenvalue weighted by Gasteiger charge is -2.39. The molecule has 2 aromatic carbocycles. The molecule has 3 aliphatic rings. The van der Waals surface area contributed by atoms with Crippen LogP contribution in [0, 0.1) is 22.7 Å². The summed E-state index contributed by atoms with van der Waals surface area (Å²) in [5.41, 5.74) is 1.02. The monoisotopic (exact) mass is 634 g/mol. The molecule has 1 amide bonds. The van der Waals surface area contributed by atoms with Gasteiger partial charge in [0.1, 0.15) is 11.8 Å². The van der Waals surface area contributed by atoms with Crippen LogP contribution in [0.2, 0.25) is 10.0 Å². The van der Waals surface area contributed by atoms with Gasteiger partial charge < -0.3 is 10.4 Å². The minimum Gasteiger partial charge on any atom is -0.480 e. The number of nitrogens with zero attached hydrogens (tertiary/aromatic N) is 1. The molecule has 5 rings (SSSR count). The highest BCUT2D eigenvalue weighted by atomic mass is 35.5. The van der Waals surface area contributed by atoms with Gasteiger partial charge in [0.25, 0.3) is 0 Å². The number of carbonyl (C=O) groups excluding carboxylic acids is 2. The molecule has 3 unspecified atom stereocenters. The van der Waals surface area contributed by atoms with Gasteiger partial charge in [0.05, 0.1) is 11.7 Å². The molecule has 0 aromatic heterocycles. The fourth-order valence-corrected chi connectivity index (χ4v) is 9.88. The van der Waals surface area contributed by atoms with Gasteiger partial charge in [0.15, 0.2) is 0 Å². The Hall–Kier alpha value is -2.46. The Kier molecular flexibility index (Phi) is 8.53. The van der Waals surface area contributed by atoms with Crippen LogP contribution in [0.25, 0.3) is 11.1 Å². The maximum Gasteiger partial charge on any atom is 0.326 e. The predicted octanol–water partition coefficient (Wildman–Crippen LogP) is 5.21. The van der Waals surface area contributed by atoms with Crippen LogP contribution in [0.15, 0.2) is 42.5 Å². The molecule has 42 heavy (non-hydrogen) atoms. The smallest absolute Gasteiger partial charge is 0.326 e. The number of rotatable bonds is 9.